The van der Waals surface area contributed by atoms with Gasteiger partial charge in [0.25, 0.3) is 0 Å². The molecule has 0 atom stereocenters. The average Bonchev–Trinajstić information content (AvgIpc) is 2.78. The van der Waals surface area contributed by atoms with Gasteiger partial charge < -0.3 is 4.74 Å². The Bertz CT molecular complexity index is 701. The van der Waals surface area contributed by atoms with Crippen LogP contribution in [0.25, 0.3) is 0 Å². The van der Waals surface area contributed by atoms with Crippen molar-refractivity contribution in [1.29, 1.82) is 0 Å². The molecule has 1 heteroatoms. The SMILES string of the molecule is CCCCCCCCCc1ccc(Cc2ccc(CCCCCC)c(OCC)c2)cc1. The van der Waals surface area contributed by atoms with Crippen LogP contribution < -0.4 is 4.74 Å². The largest absolute Gasteiger partial charge is 0.494 e. The predicted octanol–water partition coefficient (Wildman–Crippen LogP) is 9.09. The van der Waals surface area contributed by atoms with Crippen LogP contribution in [0.5, 0.6) is 5.75 Å². The first-order chi connectivity index (χ1) is 15.3. The van der Waals surface area contributed by atoms with E-state index < -0.39 is 0 Å². The number of unbranched alkanes of at least 4 members (excludes halogenated alkanes) is 9. The van der Waals surface area contributed by atoms with Crippen molar-refractivity contribution in [3.8, 4) is 5.75 Å². The summed E-state index contributed by atoms with van der Waals surface area (Å²) in [4.78, 5) is 0. The zero-order valence-electron chi connectivity index (χ0n) is 20.6. The minimum atomic E-state index is 0.735. The highest BCUT2D eigenvalue weighted by Gasteiger charge is 2.06. The fourth-order valence-corrected chi connectivity index (χ4v) is 4.29. The van der Waals surface area contributed by atoms with Gasteiger partial charge in [0.2, 0.25) is 0 Å². The topological polar surface area (TPSA) is 9.23 Å². The van der Waals surface area contributed by atoms with Gasteiger partial charge in [0, 0.05) is 0 Å². The Morgan fingerprint density at radius 2 is 1.10 bits per heavy atom. The molecule has 0 aromatic heterocycles. The van der Waals surface area contributed by atoms with E-state index in [-0.39, 0.29) is 0 Å². The summed E-state index contributed by atoms with van der Waals surface area (Å²) < 4.78 is 5.98. The van der Waals surface area contributed by atoms with Crippen LogP contribution in [-0.2, 0) is 19.3 Å². The fraction of sp³-hybridized carbons (Fsp3) is 0.600. The third-order valence-corrected chi connectivity index (χ3v) is 6.23. The molecule has 0 N–H and O–H groups in total. The molecule has 0 spiro atoms. The molecule has 31 heavy (non-hydrogen) atoms. The lowest BCUT2D eigenvalue weighted by molar-refractivity contribution is 0.336. The maximum Gasteiger partial charge on any atom is 0.122 e. The standard InChI is InChI=1S/C30H46O/c1-4-7-9-11-12-13-14-16-26-18-20-27(21-19-26)24-28-22-23-29(17-15-10-8-5-2)30(25-28)31-6-3/h18-23,25H,4-17,24H2,1-3H3. The summed E-state index contributed by atoms with van der Waals surface area (Å²) in [5, 5.41) is 0. The zero-order valence-corrected chi connectivity index (χ0v) is 20.6. The van der Waals surface area contributed by atoms with Crippen LogP contribution in [0.4, 0.5) is 0 Å². The Kier molecular flexibility index (Phi) is 13.1. The Labute approximate surface area is 192 Å². The van der Waals surface area contributed by atoms with Crippen LogP contribution >= 0.6 is 0 Å². The molecule has 0 aliphatic rings. The molecule has 0 aliphatic heterocycles. The summed E-state index contributed by atoms with van der Waals surface area (Å²) in [6.45, 7) is 7.37. The van der Waals surface area contributed by atoms with Crippen LogP contribution in [0.1, 0.15) is 114 Å². The van der Waals surface area contributed by atoms with E-state index in [0.717, 1.165) is 25.2 Å². The predicted molar refractivity (Wildman–Crippen MR) is 136 cm³/mol. The lowest BCUT2D eigenvalue weighted by Gasteiger charge is -2.13. The summed E-state index contributed by atoms with van der Waals surface area (Å²) in [6.07, 6.45) is 18.2. The Morgan fingerprint density at radius 3 is 1.77 bits per heavy atom. The molecule has 2 rings (SSSR count). The summed E-state index contributed by atoms with van der Waals surface area (Å²) >= 11 is 0. The van der Waals surface area contributed by atoms with E-state index in [4.69, 9.17) is 4.74 Å². The summed E-state index contributed by atoms with van der Waals surface area (Å²) in [7, 11) is 0. The first-order valence-electron chi connectivity index (χ1n) is 13.1. The third-order valence-electron chi connectivity index (χ3n) is 6.23. The monoisotopic (exact) mass is 422 g/mol. The molecule has 0 bridgehead atoms. The van der Waals surface area contributed by atoms with Crippen molar-refractivity contribution < 1.29 is 4.74 Å². The number of aryl methyl sites for hydroxylation is 2. The van der Waals surface area contributed by atoms with E-state index in [9.17, 15) is 0 Å². The second-order valence-electron chi connectivity index (χ2n) is 9.05. The summed E-state index contributed by atoms with van der Waals surface area (Å²) in [5.74, 6) is 1.09. The number of rotatable bonds is 17. The molecular weight excluding hydrogens is 376 g/mol. The second-order valence-corrected chi connectivity index (χ2v) is 9.05. The zero-order chi connectivity index (χ0) is 22.2. The molecule has 0 heterocycles. The molecule has 0 radical (unpaired) electrons. The minimum Gasteiger partial charge on any atom is -0.494 e. The van der Waals surface area contributed by atoms with Gasteiger partial charge in [0.15, 0.2) is 0 Å². The van der Waals surface area contributed by atoms with Gasteiger partial charge in [-0.1, -0.05) is 108 Å². The molecule has 0 aliphatic carbocycles. The number of hydrogen-bond donors (Lipinski definition) is 0. The van der Waals surface area contributed by atoms with Crippen LogP contribution in [0, 0.1) is 0 Å². The van der Waals surface area contributed by atoms with E-state index in [0.29, 0.717) is 0 Å². The smallest absolute Gasteiger partial charge is 0.122 e. The van der Waals surface area contributed by atoms with Gasteiger partial charge in [-0.15, -0.1) is 0 Å². The minimum absolute atomic E-state index is 0.735. The molecular formula is C30H46O. The van der Waals surface area contributed by atoms with Crippen LogP contribution in [0.3, 0.4) is 0 Å². The molecule has 0 saturated carbocycles. The van der Waals surface area contributed by atoms with Crippen molar-refractivity contribution in [3.05, 3.63) is 64.7 Å². The Hall–Kier alpha value is -1.76. The first kappa shape index (κ1) is 25.5. The highest BCUT2D eigenvalue weighted by molar-refractivity contribution is 5.40. The van der Waals surface area contributed by atoms with E-state index in [1.54, 1.807) is 0 Å². The second kappa shape index (κ2) is 16.0. The highest BCUT2D eigenvalue weighted by atomic mass is 16.5. The van der Waals surface area contributed by atoms with Gasteiger partial charge in [-0.25, -0.2) is 0 Å². The normalized spacial score (nSPS) is 11.1. The maximum absolute atomic E-state index is 5.98. The van der Waals surface area contributed by atoms with E-state index in [2.05, 4.69) is 63.2 Å². The van der Waals surface area contributed by atoms with Crippen molar-refractivity contribution in [2.24, 2.45) is 0 Å². The Balaban J connectivity index is 1.82. The molecule has 0 fully saturated rings. The Morgan fingerprint density at radius 1 is 0.548 bits per heavy atom. The van der Waals surface area contributed by atoms with Gasteiger partial charge in [-0.2, -0.15) is 0 Å². The lowest BCUT2D eigenvalue weighted by Crippen LogP contribution is -1.99. The average molecular weight is 423 g/mol. The molecule has 172 valence electrons. The quantitative estimate of drug-likeness (QED) is 0.231. The van der Waals surface area contributed by atoms with Crippen molar-refractivity contribution in [3.63, 3.8) is 0 Å². The third kappa shape index (κ3) is 10.4. The van der Waals surface area contributed by atoms with Crippen molar-refractivity contribution in [1.82, 2.24) is 0 Å². The van der Waals surface area contributed by atoms with Crippen molar-refractivity contribution >= 4 is 0 Å². The highest BCUT2D eigenvalue weighted by Crippen LogP contribution is 2.25. The number of benzene rings is 2. The maximum atomic E-state index is 5.98. The number of hydrogen-bond acceptors (Lipinski definition) is 1. The van der Waals surface area contributed by atoms with Crippen LogP contribution in [0.2, 0.25) is 0 Å². The molecule has 0 unspecified atom stereocenters. The van der Waals surface area contributed by atoms with Crippen molar-refractivity contribution in [2.75, 3.05) is 6.61 Å². The summed E-state index contributed by atoms with van der Waals surface area (Å²) in [6, 6.07) is 16.2. The van der Waals surface area contributed by atoms with Gasteiger partial charge in [-0.05, 0) is 67.3 Å². The molecule has 1 nitrogen and oxygen atoms in total. The summed E-state index contributed by atoms with van der Waals surface area (Å²) in [5.41, 5.74) is 5.59. The number of ether oxygens (including phenoxy) is 1. The van der Waals surface area contributed by atoms with Gasteiger partial charge in [-0.3, -0.25) is 0 Å². The van der Waals surface area contributed by atoms with Crippen molar-refractivity contribution in [2.45, 2.75) is 111 Å². The van der Waals surface area contributed by atoms with Gasteiger partial charge in [0.1, 0.15) is 5.75 Å². The molecule has 2 aromatic carbocycles. The molecule has 0 amide bonds. The molecule has 0 saturated heterocycles. The van der Waals surface area contributed by atoms with E-state index in [1.165, 1.54) is 99.3 Å². The van der Waals surface area contributed by atoms with E-state index in [1.807, 2.05) is 0 Å². The molecule has 2 aromatic rings. The van der Waals surface area contributed by atoms with Gasteiger partial charge >= 0.3 is 0 Å². The lowest BCUT2D eigenvalue weighted by atomic mass is 9.98. The van der Waals surface area contributed by atoms with E-state index >= 15 is 0 Å². The first-order valence-corrected chi connectivity index (χ1v) is 13.1. The van der Waals surface area contributed by atoms with Crippen LogP contribution in [0.15, 0.2) is 42.5 Å². The van der Waals surface area contributed by atoms with Gasteiger partial charge in [0.05, 0.1) is 6.61 Å². The fourth-order valence-electron chi connectivity index (χ4n) is 4.29. The van der Waals surface area contributed by atoms with Crippen LogP contribution in [-0.4, -0.2) is 6.61 Å².